The number of aromatic nitrogens is 2. The zero-order valence-electron chi connectivity index (χ0n) is 9.48. The number of nitrogens with two attached hydrogens (primary N) is 1. The predicted octanol–water partition coefficient (Wildman–Crippen LogP) is 0.184. The first kappa shape index (κ1) is 11.6. The van der Waals surface area contributed by atoms with Crippen molar-refractivity contribution in [1.82, 2.24) is 15.5 Å². The Balaban J connectivity index is 1.82. The summed E-state index contributed by atoms with van der Waals surface area (Å²) in [5.41, 5.74) is 5.78. The molecule has 6 nitrogen and oxygen atoms in total. The number of H-pyrrole nitrogens is 1. The van der Waals surface area contributed by atoms with Crippen molar-refractivity contribution >= 4 is 11.8 Å². The standard InChI is InChI=1S/C11H16N4O2/c12-10(16)7-1-3-9(4-2-7)15-11(17)8-5-13-14-6-8/h5-7,9H,1-4H2,(H2,12,16)(H,13,14)(H,15,17). The van der Waals surface area contributed by atoms with Crippen LogP contribution in [0.4, 0.5) is 0 Å². The van der Waals surface area contributed by atoms with Gasteiger partial charge in [0.25, 0.3) is 5.91 Å². The Morgan fingerprint density at radius 1 is 1.35 bits per heavy atom. The molecule has 0 unspecified atom stereocenters. The van der Waals surface area contributed by atoms with Gasteiger partial charge in [0.1, 0.15) is 0 Å². The molecule has 1 aromatic rings. The Labute approximate surface area is 99.0 Å². The van der Waals surface area contributed by atoms with Gasteiger partial charge < -0.3 is 11.1 Å². The van der Waals surface area contributed by atoms with Crippen LogP contribution in [0.1, 0.15) is 36.0 Å². The van der Waals surface area contributed by atoms with Crippen LogP contribution < -0.4 is 11.1 Å². The third-order valence-corrected chi connectivity index (χ3v) is 3.23. The molecule has 17 heavy (non-hydrogen) atoms. The summed E-state index contributed by atoms with van der Waals surface area (Å²) in [6.45, 7) is 0. The SMILES string of the molecule is NC(=O)C1CCC(NC(=O)c2cn[nH]c2)CC1. The smallest absolute Gasteiger partial charge is 0.254 e. The topological polar surface area (TPSA) is 101 Å². The second-order valence-corrected chi connectivity index (χ2v) is 4.41. The number of amides is 2. The van der Waals surface area contributed by atoms with Gasteiger partial charge in [0.05, 0.1) is 11.8 Å². The molecule has 1 aliphatic carbocycles. The lowest BCUT2D eigenvalue weighted by molar-refractivity contribution is -0.122. The van der Waals surface area contributed by atoms with Crippen LogP contribution in [0.5, 0.6) is 0 Å². The number of nitrogens with zero attached hydrogens (tertiary/aromatic N) is 1. The highest BCUT2D eigenvalue weighted by atomic mass is 16.2. The molecule has 0 atom stereocenters. The van der Waals surface area contributed by atoms with Crippen LogP contribution in [0.15, 0.2) is 12.4 Å². The molecule has 0 aromatic carbocycles. The van der Waals surface area contributed by atoms with Crippen molar-refractivity contribution < 1.29 is 9.59 Å². The van der Waals surface area contributed by atoms with Crippen molar-refractivity contribution in [2.75, 3.05) is 0 Å². The van der Waals surface area contributed by atoms with Gasteiger partial charge in [0, 0.05) is 18.2 Å². The molecule has 92 valence electrons. The van der Waals surface area contributed by atoms with E-state index in [-0.39, 0.29) is 23.8 Å². The van der Waals surface area contributed by atoms with E-state index >= 15 is 0 Å². The van der Waals surface area contributed by atoms with Crippen LogP contribution in [0.25, 0.3) is 0 Å². The molecule has 2 amide bonds. The van der Waals surface area contributed by atoms with E-state index in [0.717, 1.165) is 25.7 Å². The lowest BCUT2D eigenvalue weighted by atomic mass is 9.85. The number of primary amides is 1. The molecular weight excluding hydrogens is 220 g/mol. The molecule has 4 N–H and O–H groups in total. The van der Waals surface area contributed by atoms with E-state index < -0.39 is 0 Å². The van der Waals surface area contributed by atoms with Crippen LogP contribution in [0.2, 0.25) is 0 Å². The zero-order valence-corrected chi connectivity index (χ0v) is 9.48. The summed E-state index contributed by atoms with van der Waals surface area (Å²) in [6, 6.07) is 0.132. The van der Waals surface area contributed by atoms with E-state index in [4.69, 9.17) is 5.73 Å². The van der Waals surface area contributed by atoms with E-state index in [2.05, 4.69) is 15.5 Å². The van der Waals surface area contributed by atoms with Gasteiger partial charge in [0.15, 0.2) is 0 Å². The van der Waals surface area contributed by atoms with Crippen molar-refractivity contribution in [3.63, 3.8) is 0 Å². The minimum absolute atomic E-state index is 0.0305. The third kappa shape index (κ3) is 2.83. The van der Waals surface area contributed by atoms with Gasteiger partial charge in [-0.05, 0) is 25.7 Å². The number of hydrogen-bond donors (Lipinski definition) is 3. The first-order valence-electron chi connectivity index (χ1n) is 5.76. The maximum absolute atomic E-state index is 11.7. The molecule has 1 aliphatic rings. The van der Waals surface area contributed by atoms with Gasteiger partial charge in [-0.3, -0.25) is 14.7 Å². The fraction of sp³-hybridized carbons (Fsp3) is 0.545. The highest BCUT2D eigenvalue weighted by Gasteiger charge is 2.25. The number of hydrogen-bond acceptors (Lipinski definition) is 3. The molecule has 0 bridgehead atoms. The van der Waals surface area contributed by atoms with E-state index in [1.54, 1.807) is 6.20 Å². The normalized spacial score (nSPS) is 24.2. The second kappa shape index (κ2) is 4.99. The minimum Gasteiger partial charge on any atom is -0.369 e. The summed E-state index contributed by atoms with van der Waals surface area (Å²) < 4.78 is 0. The summed E-state index contributed by atoms with van der Waals surface area (Å²) in [6.07, 6.45) is 6.17. The first-order valence-corrected chi connectivity index (χ1v) is 5.76. The molecular formula is C11H16N4O2. The van der Waals surface area contributed by atoms with Crippen LogP contribution in [-0.2, 0) is 4.79 Å². The van der Waals surface area contributed by atoms with Crippen molar-refractivity contribution in [1.29, 1.82) is 0 Å². The average Bonchev–Trinajstić information content (AvgIpc) is 2.83. The van der Waals surface area contributed by atoms with Gasteiger partial charge in [-0.2, -0.15) is 5.10 Å². The van der Waals surface area contributed by atoms with Gasteiger partial charge in [-0.1, -0.05) is 0 Å². The Morgan fingerprint density at radius 3 is 2.59 bits per heavy atom. The average molecular weight is 236 g/mol. The highest BCUT2D eigenvalue weighted by molar-refractivity contribution is 5.93. The van der Waals surface area contributed by atoms with E-state index in [9.17, 15) is 9.59 Å². The quantitative estimate of drug-likeness (QED) is 0.698. The van der Waals surface area contributed by atoms with Crippen LogP contribution in [-0.4, -0.2) is 28.1 Å². The van der Waals surface area contributed by atoms with Gasteiger partial charge in [0.2, 0.25) is 5.91 Å². The summed E-state index contributed by atoms with van der Waals surface area (Å²) in [5.74, 6) is -0.386. The fourth-order valence-electron chi connectivity index (χ4n) is 2.17. The lowest BCUT2D eigenvalue weighted by Gasteiger charge is -2.27. The molecule has 0 radical (unpaired) electrons. The van der Waals surface area contributed by atoms with Crippen molar-refractivity contribution in [2.45, 2.75) is 31.7 Å². The number of aromatic amines is 1. The molecule has 1 heterocycles. The maximum Gasteiger partial charge on any atom is 0.254 e. The van der Waals surface area contributed by atoms with Crippen LogP contribution in [0, 0.1) is 5.92 Å². The second-order valence-electron chi connectivity index (χ2n) is 4.41. The van der Waals surface area contributed by atoms with Crippen LogP contribution in [0.3, 0.4) is 0 Å². The first-order chi connectivity index (χ1) is 8.16. The fourth-order valence-corrected chi connectivity index (χ4v) is 2.17. The minimum atomic E-state index is -0.232. The number of rotatable bonds is 3. The zero-order chi connectivity index (χ0) is 12.3. The Morgan fingerprint density at radius 2 is 2.06 bits per heavy atom. The Hall–Kier alpha value is -1.85. The van der Waals surface area contributed by atoms with Crippen LogP contribution >= 0.6 is 0 Å². The Bertz CT molecular complexity index is 394. The van der Waals surface area contributed by atoms with E-state index in [1.807, 2.05) is 0 Å². The summed E-state index contributed by atoms with van der Waals surface area (Å²) in [5, 5.41) is 9.25. The van der Waals surface area contributed by atoms with E-state index in [1.165, 1.54) is 6.20 Å². The molecule has 2 rings (SSSR count). The van der Waals surface area contributed by atoms with Crippen molar-refractivity contribution in [3.8, 4) is 0 Å². The summed E-state index contributed by atoms with van der Waals surface area (Å²) in [7, 11) is 0. The molecule has 1 aromatic heterocycles. The largest absolute Gasteiger partial charge is 0.369 e. The summed E-state index contributed by atoms with van der Waals surface area (Å²) in [4.78, 5) is 22.7. The molecule has 1 saturated carbocycles. The van der Waals surface area contributed by atoms with Gasteiger partial charge >= 0.3 is 0 Å². The molecule has 0 saturated heterocycles. The number of carbonyl (C=O) groups is 2. The van der Waals surface area contributed by atoms with Gasteiger partial charge in [-0.15, -0.1) is 0 Å². The lowest BCUT2D eigenvalue weighted by Crippen LogP contribution is -2.39. The van der Waals surface area contributed by atoms with Crippen molar-refractivity contribution in [2.24, 2.45) is 11.7 Å². The Kier molecular flexibility index (Phi) is 3.41. The molecule has 0 spiro atoms. The number of nitrogens with one attached hydrogen (secondary N) is 2. The molecule has 1 fully saturated rings. The summed E-state index contributed by atoms with van der Waals surface area (Å²) >= 11 is 0. The highest BCUT2D eigenvalue weighted by Crippen LogP contribution is 2.24. The monoisotopic (exact) mass is 236 g/mol. The van der Waals surface area contributed by atoms with E-state index in [0.29, 0.717) is 5.56 Å². The molecule has 6 heteroatoms. The maximum atomic E-state index is 11.7. The van der Waals surface area contributed by atoms with Crippen molar-refractivity contribution in [3.05, 3.63) is 18.0 Å². The predicted molar refractivity (Wildman–Crippen MR) is 61.0 cm³/mol. The third-order valence-electron chi connectivity index (χ3n) is 3.23. The van der Waals surface area contributed by atoms with Gasteiger partial charge in [-0.25, -0.2) is 0 Å². The molecule has 0 aliphatic heterocycles. The number of carbonyl (C=O) groups excluding carboxylic acids is 2.